The molecule has 0 aliphatic carbocycles. The summed E-state index contributed by atoms with van der Waals surface area (Å²) in [5.74, 6) is 0. The average molecular weight is 382 g/mol. The van der Waals surface area contributed by atoms with E-state index in [1.807, 2.05) is 28.8 Å². The Morgan fingerprint density at radius 3 is 2.94 bits per heavy atom. The first-order valence-corrected chi connectivity index (χ1v) is 7.29. The van der Waals surface area contributed by atoms with Crippen molar-refractivity contribution in [2.45, 2.75) is 18.1 Å². The fourth-order valence-corrected chi connectivity index (χ4v) is 2.44. The Bertz CT molecular complexity index is 546. The van der Waals surface area contributed by atoms with E-state index < -0.39 is 13.0 Å². The van der Waals surface area contributed by atoms with E-state index in [0.29, 0.717) is 14.6 Å². The Hall–Kier alpha value is -0.770. The zero-order chi connectivity index (χ0) is 13.1. The molecule has 0 radical (unpaired) electrons. The molecule has 0 spiro atoms. The number of hydrogen-bond acceptors (Lipinski definition) is 4. The summed E-state index contributed by atoms with van der Waals surface area (Å²) in [5.41, 5.74) is 1.44. The van der Waals surface area contributed by atoms with Crippen LogP contribution in [-0.2, 0) is 6.54 Å². The summed E-state index contributed by atoms with van der Waals surface area (Å²) in [5, 5.41) is 4.68. The Morgan fingerprint density at radius 2 is 2.28 bits per heavy atom. The van der Waals surface area contributed by atoms with Gasteiger partial charge in [0.05, 0.1) is 11.3 Å². The topological polar surface area (TPSA) is 43.6 Å². The van der Waals surface area contributed by atoms with Crippen molar-refractivity contribution < 1.29 is 8.78 Å². The van der Waals surface area contributed by atoms with Gasteiger partial charge in [0.2, 0.25) is 0 Å². The first kappa shape index (κ1) is 13.7. The van der Waals surface area contributed by atoms with E-state index >= 15 is 0 Å². The van der Waals surface area contributed by atoms with Crippen LogP contribution in [0.2, 0.25) is 0 Å². The van der Waals surface area contributed by atoms with Crippen LogP contribution in [0.25, 0.3) is 11.3 Å². The van der Waals surface area contributed by atoms with Crippen LogP contribution in [0.3, 0.4) is 0 Å². The maximum absolute atomic E-state index is 12.3. The number of halogens is 3. The lowest BCUT2D eigenvalue weighted by molar-refractivity contribution is 0.121. The van der Waals surface area contributed by atoms with Gasteiger partial charge in [-0.05, 0) is 34.9 Å². The smallest absolute Gasteiger partial charge is 0.257 e. The summed E-state index contributed by atoms with van der Waals surface area (Å²) in [7, 11) is 0. The van der Waals surface area contributed by atoms with Gasteiger partial charge in [-0.2, -0.15) is 5.10 Å². The molecular formula is C10H9F2IN4S. The predicted molar refractivity (Wildman–Crippen MR) is 73.8 cm³/mol. The van der Waals surface area contributed by atoms with E-state index in [-0.39, 0.29) is 0 Å². The van der Waals surface area contributed by atoms with Crippen LogP contribution in [0.15, 0.2) is 23.6 Å². The highest BCUT2D eigenvalue weighted by Gasteiger charge is 2.13. The zero-order valence-corrected chi connectivity index (χ0v) is 12.3. The minimum Gasteiger partial charge on any atom is -0.265 e. The second-order valence-corrected chi connectivity index (χ2v) is 5.17. The van der Waals surface area contributed by atoms with Crippen molar-refractivity contribution in [2.75, 3.05) is 6.26 Å². The lowest BCUT2D eigenvalue weighted by Crippen LogP contribution is -2.06. The van der Waals surface area contributed by atoms with Gasteiger partial charge in [0.1, 0.15) is 10.2 Å². The van der Waals surface area contributed by atoms with E-state index in [9.17, 15) is 8.78 Å². The molecule has 0 bridgehead atoms. The van der Waals surface area contributed by atoms with Gasteiger partial charge in [-0.25, -0.2) is 18.7 Å². The molecule has 4 nitrogen and oxygen atoms in total. The normalized spacial score (nSPS) is 11.2. The predicted octanol–water partition coefficient (Wildman–Crippen LogP) is 2.93. The minimum atomic E-state index is -2.42. The number of aromatic nitrogens is 4. The van der Waals surface area contributed by atoms with Gasteiger partial charge >= 0.3 is 0 Å². The number of rotatable bonds is 4. The first-order chi connectivity index (χ1) is 8.60. The Balaban J connectivity index is 2.34. The van der Waals surface area contributed by atoms with E-state index in [4.69, 9.17) is 0 Å². The largest absolute Gasteiger partial charge is 0.265 e. The Morgan fingerprint density at radius 1 is 1.50 bits per heavy atom. The summed E-state index contributed by atoms with van der Waals surface area (Å²) in [4.78, 5) is 8.39. The number of hydrogen-bond donors (Lipinski definition) is 0. The Kier molecular flexibility index (Phi) is 4.49. The molecule has 0 N–H and O–H groups in total. The van der Waals surface area contributed by atoms with Crippen LogP contribution in [0.4, 0.5) is 8.78 Å². The molecular weight excluding hydrogens is 373 g/mol. The highest BCUT2D eigenvalue weighted by Crippen LogP contribution is 2.23. The summed E-state index contributed by atoms with van der Waals surface area (Å²) >= 11 is 3.44. The fourth-order valence-electron chi connectivity index (χ4n) is 1.39. The third-order valence-electron chi connectivity index (χ3n) is 2.13. The van der Waals surface area contributed by atoms with Crippen LogP contribution < -0.4 is 0 Å². The average Bonchev–Trinajstić information content (AvgIpc) is 2.69. The van der Waals surface area contributed by atoms with Gasteiger partial charge < -0.3 is 0 Å². The van der Waals surface area contributed by atoms with Gasteiger partial charge in [0, 0.05) is 12.4 Å². The molecule has 2 rings (SSSR count). The number of nitrogens with zero attached hydrogens (tertiary/aromatic N) is 4. The number of thioether (sulfide) groups is 1. The summed E-state index contributed by atoms with van der Waals surface area (Å²) in [6.45, 7) is -0.406. The molecule has 0 fully saturated rings. The van der Waals surface area contributed by atoms with E-state index in [0.717, 1.165) is 5.56 Å². The lowest BCUT2D eigenvalue weighted by Gasteiger charge is -1.99. The highest BCUT2D eigenvalue weighted by molar-refractivity contribution is 14.1. The maximum atomic E-state index is 12.3. The van der Waals surface area contributed by atoms with Gasteiger partial charge in [0.25, 0.3) is 6.43 Å². The molecule has 0 aromatic carbocycles. The van der Waals surface area contributed by atoms with Crippen molar-refractivity contribution in [2.24, 2.45) is 0 Å². The van der Waals surface area contributed by atoms with Gasteiger partial charge in [0.15, 0.2) is 5.16 Å². The van der Waals surface area contributed by atoms with Gasteiger partial charge in [-0.3, -0.25) is 4.68 Å². The van der Waals surface area contributed by atoms with Crippen molar-refractivity contribution in [3.05, 3.63) is 22.2 Å². The molecule has 2 heterocycles. The summed E-state index contributed by atoms with van der Waals surface area (Å²) in [6, 6.07) is 1.74. The fraction of sp³-hybridized carbons (Fsp3) is 0.300. The van der Waals surface area contributed by atoms with Crippen molar-refractivity contribution >= 4 is 34.4 Å². The van der Waals surface area contributed by atoms with E-state index in [1.54, 1.807) is 18.5 Å². The van der Waals surface area contributed by atoms with E-state index in [1.165, 1.54) is 16.4 Å². The molecule has 0 atom stereocenters. The molecule has 2 aromatic heterocycles. The van der Waals surface area contributed by atoms with Crippen LogP contribution >= 0.6 is 34.4 Å². The molecule has 18 heavy (non-hydrogen) atoms. The van der Waals surface area contributed by atoms with Crippen molar-refractivity contribution in [3.8, 4) is 11.3 Å². The third kappa shape index (κ3) is 3.16. The van der Waals surface area contributed by atoms with Crippen LogP contribution in [-0.4, -0.2) is 32.4 Å². The van der Waals surface area contributed by atoms with E-state index in [2.05, 4.69) is 15.1 Å². The monoisotopic (exact) mass is 382 g/mol. The van der Waals surface area contributed by atoms with Crippen molar-refractivity contribution in [3.63, 3.8) is 0 Å². The van der Waals surface area contributed by atoms with Gasteiger partial charge in [-0.1, -0.05) is 11.8 Å². The molecule has 0 saturated heterocycles. The van der Waals surface area contributed by atoms with Crippen molar-refractivity contribution in [1.29, 1.82) is 0 Å². The lowest BCUT2D eigenvalue weighted by atomic mass is 10.2. The third-order valence-corrected chi connectivity index (χ3v) is 3.49. The number of alkyl halides is 2. The molecule has 0 aliphatic heterocycles. The summed E-state index contributed by atoms with van der Waals surface area (Å²) in [6.07, 6.45) is 2.69. The summed E-state index contributed by atoms with van der Waals surface area (Å²) < 4.78 is 26.5. The molecule has 0 saturated carbocycles. The minimum absolute atomic E-state index is 0.406. The molecule has 2 aromatic rings. The van der Waals surface area contributed by atoms with Crippen LogP contribution in [0.1, 0.15) is 0 Å². The first-order valence-electron chi connectivity index (χ1n) is 4.98. The molecule has 0 unspecified atom stereocenters. The Labute approximate surface area is 120 Å². The van der Waals surface area contributed by atoms with Gasteiger partial charge in [-0.15, -0.1) is 0 Å². The van der Waals surface area contributed by atoms with Crippen LogP contribution in [0.5, 0.6) is 0 Å². The quantitative estimate of drug-likeness (QED) is 0.464. The molecule has 0 aliphatic rings. The molecule has 0 amide bonds. The molecule has 96 valence electrons. The van der Waals surface area contributed by atoms with Crippen LogP contribution in [0, 0.1) is 3.70 Å². The molecule has 8 heteroatoms. The van der Waals surface area contributed by atoms with Crippen molar-refractivity contribution in [1.82, 2.24) is 19.7 Å². The highest BCUT2D eigenvalue weighted by atomic mass is 127. The SMILES string of the molecule is CSc1nccc(-c2cn(CC(F)F)nc2I)n1. The second kappa shape index (κ2) is 5.91. The second-order valence-electron chi connectivity index (χ2n) is 3.38. The zero-order valence-electron chi connectivity index (χ0n) is 9.35. The standard InChI is InChI=1S/C10H9F2IN4S/c1-18-10-14-3-2-7(15-10)6-4-17(5-8(11)12)16-9(6)13/h2-4,8H,5H2,1H3. The maximum Gasteiger partial charge on any atom is 0.257 e.